The second-order valence-corrected chi connectivity index (χ2v) is 7.95. The Balaban J connectivity index is 1.25. The van der Waals surface area contributed by atoms with Crippen molar-refractivity contribution in [3.8, 4) is 5.69 Å². The first-order valence-corrected chi connectivity index (χ1v) is 10.6. The zero-order chi connectivity index (χ0) is 21.2. The fourth-order valence-corrected chi connectivity index (χ4v) is 4.19. The van der Waals surface area contributed by atoms with Gasteiger partial charge in [-0.3, -0.25) is 9.69 Å². The maximum Gasteiger partial charge on any atom is 0.250 e. The number of hydrogen-bond acceptors (Lipinski definition) is 4. The molecular formula is C25H25N5O. The standard InChI is InChI=1S/C25H25N5O/c26-25(31)23-8-4-5-20-18-30(27-24(20)23)22-11-9-19(10-12-22)17-28-13-15-29(16-14-28)21-6-2-1-3-7-21/h1-12,18H,13-17H2,(H2,26,31). The fourth-order valence-electron chi connectivity index (χ4n) is 4.19. The molecule has 0 unspecified atom stereocenters. The molecule has 1 aliphatic rings. The lowest BCUT2D eigenvalue weighted by Gasteiger charge is -2.36. The van der Waals surface area contributed by atoms with Crippen LogP contribution in [0.15, 0.2) is 79.0 Å². The molecule has 1 saturated heterocycles. The van der Waals surface area contributed by atoms with Crippen molar-refractivity contribution in [2.24, 2.45) is 5.73 Å². The van der Waals surface area contributed by atoms with Crippen LogP contribution in [0.2, 0.25) is 0 Å². The van der Waals surface area contributed by atoms with Gasteiger partial charge in [-0.25, -0.2) is 4.68 Å². The van der Waals surface area contributed by atoms with Crippen LogP contribution in [0.1, 0.15) is 15.9 Å². The first-order valence-electron chi connectivity index (χ1n) is 10.6. The van der Waals surface area contributed by atoms with Gasteiger partial charge in [-0.05, 0) is 35.9 Å². The van der Waals surface area contributed by atoms with Gasteiger partial charge < -0.3 is 10.6 Å². The monoisotopic (exact) mass is 411 g/mol. The third kappa shape index (κ3) is 4.02. The van der Waals surface area contributed by atoms with Crippen LogP contribution < -0.4 is 10.6 Å². The number of nitrogens with zero attached hydrogens (tertiary/aromatic N) is 4. The Morgan fingerprint density at radius 2 is 1.58 bits per heavy atom. The molecule has 3 aromatic carbocycles. The molecule has 156 valence electrons. The Kier molecular flexibility index (Phi) is 5.14. The van der Waals surface area contributed by atoms with E-state index in [1.807, 2.05) is 18.3 Å². The van der Waals surface area contributed by atoms with Crippen molar-refractivity contribution in [3.05, 3.63) is 90.1 Å². The second kappa shape index (κ2) is 8.24. The number of rotatable bonds is 5. The number of carbonyl (C=O) groups is 1. The molecule has 6 nitrogen and oxygen atoms in total. The van der Waals surface area contributed by atoms with Crippen LogP contribution in [0.5, 0.6) is 0 Å². The van der Waals surface area contributed by atoms with E-state index in [1.165, 1.54) is 11.3 Å². The van der Waals surface area contributed by atoms with Crippen molar-refractivity contribution in [1.29, 1.82) is 0 Å². The molecule has 0 bridgehead atoms. The van der Waals surface area contributed by atoms with Crippen LogP contribution in [0.4, 0.5) is 5.69 Å². The Morgan fingerprint density at radius 1 is 0.839 bits per heavy atom. The van der Waals surface area contributed by atoms with Crippen LogP contribution in [0, 0.1) is 0 Å². The fraction of sp³-hybridized carbons (Fsp3) is 0.200. The van der Waals surface area contributed by atoms with Crippen molar-refractivity contribution in [2.45, 2.75) is 6.54 Å². The van der Waals surface area contributed by atoms with E-state index < -0.39 is 5.91 Å². The van der Waals surface area contributed by atoms with E-state index in [9.17, 15) is 4.79 Å². The molecule has 0 radical (unpaired) electrons. The first kappa shape index (κ1) is 19.3. The van der Waals surface area contributed by atoms with Gasteiger partial charge in [0.25, 0.3) is 5.91 Å². The number of carbonyl (C=O) groups excluding carboxylic acids is 1. The average Bonchev–Trinajstić information content (AvgIpc) is 3.25. The van der Waals surface area contributed by atoms with Gasteiger partial charge in [-0.1, -0.05) is 42.5 Å². The van der Waals surface area contributed by atoms with Crippen molar-refractivity contribution < 1.29 is 4.79 Å². The van der Waals surface area contributed by atoms with Gasteiger partial charge in [0.1, 0.15) is 5.52 Å². The number of para-hydroxylation sites is 1. The summed E-state index contributed by atoms with van der Waals surface area (Å²) in [5.74, 6) is -0.460. The van der Waals surface area contributed by atoms with E-state index in [0.29, 0.717) is 11.1 Å². The van der Waals surface area contributed by atoms with Crippen LogP contribution in [-0.2, 0) is 6.54 Å². The number of benzene rings is 3. The Labute approximate surface area is 181 Å². The third-order valence-corrected chi connectivity index (χ3v) is 5.90. The highest BCUT2D eigenvalue weighted by molar-refractivity contribution is 6.04. The summed E-state index contributed by atoms with van der Waals surface area (Å²) in [6.07, 6.45) is 1.93. The van der Waals surface area contributed by atoms with Gasteiger partial charge in [0.05, 0.1) is 11.3 Å². The topological polar surface area (TPSA) is 67.4 Å². The van der Waals surface area contributed by atoms with Crippen LogP contribution in [0.25, 0.3) is 16.6 Å². The van der Waals surface area contributed by atoms with E-state index in [1.54, 1.807) is 10.7 Å². The molecule has 0 aliphatic carbocycles. The molecule has 0 atom stereocenters. The minimum absolute atomic E-state index is 0.447. The molecule has 1 amide bonds. The number of anilines is 1. The summed E-state index contributed by atoms with van der Waals surface area (Å²) < 4.78 is 1.81. The van der Waals surface area contributed by atoms with Gasteiger partial charge in [-0.15, -0.1) is 0 Å². The van der Waals surface area contributed by atoms with Crippen molar-refractivity contribution in [1.82, 2.24) is 14.7 Å². The van der Waals surface area contributed by atoms with Crippen molar-refractivity contribution in [3.63, 3.8) is 0 Å². The van der Waals surface area contributed by atoms with E-state index in [4.69, 9.17) is 5.73 Å². The maximum absolute atomic E-state index is 11.7. The normalized spacial score (nSPS) is 14.8. The van der Waals surface area contributed by atoms with Gasteiger partial charge in [0.15, 0.2) is 0 Å². The van der Waals surface area contributed by atoms with Crippen LogP contribution >= 0.6 is 0 Å². The molecule has 1 aromatic heterocycles. The third-order valence-electron chi connectivity index (χ3n) is 5.90. The summed E-state index contributed by atoms with van der Waals surface area (Å²) in [6.45, 7) is 5.14. The molecule has 2 N–H and O–H groups in total. The van der Waals surface area contributed by atoms with E-state index in [0.717, 1.165) is 43.8 Å². The van der Waals surface area contributed by atoms with Gasteiger partial charge in [0, 0.05) is 50.0 Å². The molecule has 4 aromatic rings. The Morgan fingerprint density at radius 3 is 2.29 bits per heavy atom. The zero-order valence-corrected chi connectivity index (χ0v) is 17.3. The summed E-state index contributed by atoms with van der Waals surface area (Å²) in [4.78, 5) is 16.6. The lowest BCUT2D eigenvalue weighted by atomic mass is 10.1. The Hall–Kier alpha value is -3.64. The van der Waals surface area contributed by atoms with Gasteiger partial charge in [-0.2, -0.15) is 5.10 Å². The summed E-state index contributed by atoms with van der Waals surface area (Å²) in [7, 11) is 0. The predicted molar refractivity (Wildman–Crippen MR) is 124 cm³/mol. The van der Waals surface area contributed by atoms with Crippen LogP contribution in [-0.4, -0.2) is 46.8 Å². The van der Waals surface area contributed by atoms with Crippen LogP contribution in [0.3, 0.4) is 0 Å². The van der Waals surface area contributed by atoms with E-state index >= 15 is 0 Å². The first-order chi connectivity index (χ1) is 15.2. The lowest BCUT2D eigenvalue weighted by Crippen LogP contribution is -2.45. The number of piperazine rings is 1. The average molecular weight is 412 g/mol. The molecule has 2 heterocycles. The summed E-state index contributed by atoms with van der Waals surface area (Å²) in [5, 5.41) is 5.49. The largest absolute Gasteiger partial charge is 0.369 e. The molecule has 0 saturated carbocycles. The highest BCUT2D eigenvalue weighted by atomic mass is 16.1. The number of amides is 1. The number of fused-ring (bicyclic) bond motifs is 1. The lowest BCUT2D eigenvalue weighted by molar-refractivity contribution is 0.100. The number of hydrogen-bond donors (Lipinski definition) is 1. The van der Waals surface area contributed by atoms with E-state index in [-0.39, 0.29) is 0 Å². The quantitative estimate of drug-likeness (QED) is 0.546. The highest BCUT2D eigenvalue weighted by Gasteiger charge is 2.17. The molecule has 31 heavy (non-hydrogen) atoms. The predicted octanol–water partition coefficient (Wildman–Crippen LogP) is 3.45. The van der Waals surface area contributed by atoms with Crippen molar-refractivity contribution in [2.75, 3.05) is 31.1 Å². The van der Waals surface area contributed by atoms with E-state index in [2.05, 4.69) is 69.5 Å². The van der Waals surface area contributed by atoms with Gasteiger partial charge in [0.2, 0.25) is 0 Å². The molecule has 0 spiro atoms. The molecule has 1 fully saturated rings. The minimum atomic E-state index is -0.460. The number of primary amides is 1. The number of nitrogens with two attached hydrogens (primary N) is 1. The summed E-state index contributed by atoms with van der Waals surface area (Å²) >= 11 is 0. The smallest absolute Gasteiger partial charge is 0.250 e. The van der Waals surface area contributed by atoms with Gasteiger partial charge >= 0.3 is 0 Å². The SMILES string of the molecule is NC(=O)c1cccc2cn(-c3ccc(CN4CCN(c5ccccc5)CC4)cc3)nc12. The minimum Gasteiger partial charge on any atom is -0.369 e. The second-order valence-electron chi connectivity index (χ2n) is 7.95. The molecular weight excluding hydrogens is 386 g/mol. The summed E-state index contributed by atoms with van der Waals surface area (Å²) in [5.41, 5.74) is 10.1. The maximum atomic E-state index is 11.7. The highest BCUT2D eigenvalue weighted by Crippen LogP contribution is 2.21. The molecule has 1 aliphatic heterocycles. The molecule has 5 rings (SSSR count). The number of aromatic nitrogens is 2. The summed E-state index contributed by atoms with van der Waals surface area (Å²) in [6, 6.07) is 24.6. The Bertz CT molecular complexity index is 1190. The zero-order valence-electron chi connectivity index (χ0n) is 17.3. The van der Waals surface area contributed by atoms with Crippen molar-refractivity contribution >= 4 is 22.5 Å². The molecule has 6 heteroatoms.